The zero-order valence-corrected chi connectivity index (χ0v) is 14.9. The number of fused-ring (bicyclic) bond motifs is 2. The molecule has 1 atom stereocenters. The molecule has 0 aliphatic carbocycles. The van der Waals surface area contributed by atoms with Crippen LogP contribution in [0.2, 0.25) is 5.02 Å². The van der Waals surface area contributed by atoms with Crippen LogP contribution in [0.4, 0.5) is 10.1 Å². The van der Waals surface area contributed by atoms with Crippen molar-refractivity contribution >= 4 is 29.1 Å². The van der Waals surface area contributed by atoms with E-state index in [0.717, 1.165) is 5.56 Å². The molecule has 2 aliphatic heterocycles. The summed E-state index contributed by atoms with van der Waals surface area (Å²) in [6.45, 7) is 1.08. The molecular weight excluding hydrogens is 375 g/mol. The number of hydrogen-bond donors (Lipinski definition) is 2. The Bertz CT molecular complexity index is 934. The molecule has 2 amide bonds. The highest BCUT2D eigenvalue weighted by atomic mass is 35.5. The first kappa shape index (κ1) is 17.6. The maximum Gasteiger partial charge on any atom is 0.228 e. The Kier molecular flexibility index (Phi) is 4.61. The van der Waals surface area contributed by atoms with Gasteiger partial charge >= 0.3 is 0 Å². The lowest BCUT2D eigenvalue weighted by Gasteiger charge is -2.25. The number of rotatable bonds is 3. The van der Waals surface area contributed by atoms with Gasteiger partial charge in [0.05, 0.1) is 10.9 Å². The third kappa shape index (κ3) is 3.55. The lowest BCUT2D eigenvalue weighted by atomic mass is 9.89. The Balaban J connectivity index is 1.50. The number of ether oxygens (including phenoxy) is 2. The molecule has 0 radical (unpaired) electrons. The normalized spacial score (nSPS) is 17.7. The first-order chi connectivity index (χ1) is 13.0. The fraction of sp³-hybridized carbons (Fsp3) is 0.263. The fourth-order valence-electron chi connectivity index (χ4n) is 3.25. The molecule has 27 heavy (non-hydrogen) atoms. The zero-order chi connectivity index (χ0) is 19.0. The number of halogens is 2. The lowest BCUT2D eigenvalue weighted by molar-refractivity contribution is -0.126. The van der Waals surface area contributed by atoms with Gasteiger partial charge in [-0.1, -0.05) is 17.7 Å². The summed E-state index contributed by atoms with van der Waals surface area (Å²) >= 11 is 6.21. The highest BCUT2D eigenvalue weighted by Crippen LogP contribution is 2.38. The average Bonchev–Trinajstić information content (AvgIpc) is 2.65. The minimum Gasteiger partial charge on any atom is -0.486 e. The van der Waals surface area contributed by atoms with E-state index in [1.165, 1.54) is 18.2 Å². The van der Waals surface area contributed by atoms with Crippen LogP contribution in [-0.4, -0.2) is 25.0 Å². The number of carbonyl (C=O) groups excluding carboxylic acids is 2. The molecule has 0 spiro atoms. The van der Waals surface area contributed by atoms with Crippen molar-refractivity contribution < 1.29 is 23.5 Å². The van der Waals surface area contributed by atoms with Crippen LogP contribution < -0.4 is 20.1 Å². The number of hydrogen-bond acceptors (Lipinski definition) is 4. The molecule has 2 aliphatic rings. The Hall–Kier alpha value is -2.80. The summed E-state index contributed by atoms with van der Waals surface area (Å²) in [6, 6.07) is 7.48. The van der Waals surface area contributed by atoms with Crippen LogP contribution in [0, 0.1) is 5.82 Å². The fourth-order valence-corrected chi connectivity index (χ4v) is 3.54. The van der Waals surface area contributed by atoms with Gasteiger partial charge in [0.25, 0.3) is 0 Å². The van der Waals surface area contributed by atoms with Gasteiger partial charge in [0.2, 0.25) is 11.8 Å². The maximum atomic E-state index is 13.4. The summed E-state index contributed by atoms with van der Waals surface area (Å²) in [7, 11) is 0. The SMILES string of the molecule is O=C1CC(C(=O)NCc2cc(Cl)c3c(c2)OCCO3)c2ccc(F)cc2N1. The lowest BCUT2D eigenvalue weighted by Crippen LogP contribution is -2.34. The predicted octanol–water partition coefficient (Wildman–Crippen LogP) is 2.99. The summed E-state index contributed by atoms with van der Waals surface area (Å²) in [5.41, 5.74) is 1.67. The van der Waals surface area contributed by atoms with E-state index in [-0.39, 0.29) is 24.8 Å². The molecule has 0 saturated heterocycles. The van der Waals surface area contributed by atoms with Gasteiger partial charge < -0.3 is 20.1 Å². The Labute approximate surface area is 159 Å². The number of carbonyl (C=O) groups is 2. The van der Waals surface area contributed by atoms with E-state index in [1.807, 2.05) is 0 Å². The molecule has 2 heterocycles. The third-order valence-electron chi connectivity index (χ3n) is 4.49. The van der Waals surface area contributed by atoms with E-state index in [4.69, 9.17) is 21.1 Å². The highest BCUT2D eigenvalue weighted by molar-refractivity contribution is 6.32. The molecule has 4 rings (SSSR count). The Morgan fingerprint density at radius 2 is 2.07 bits per heavy atom. The van der Waals surface area contributed by atoms with E-state index < -0.39 is 11.7 Å². The van der Waals surface area contributed by atoms with Crippen LogP contribution >= 0.6 is 11.6 Å². The van der Waals surface area contributed by atoms with Crippen LogP contribution in [0.3, 0.4) is 0 Å². The largest absolute Gasteiger partial charge is 0.486 e. The predicted molar refractivity (Wildman–Crippen MR) is 96.7 cm³/mol. The molecule has 1 unspecified atom stereocenters. The molecule has 2 N–H and O–H groups in total. The van der Waals surface area contributed by atoms with Crippen molar-refractivity contribution in [1.29, 1.82) is 0 Å². The minimum atomic E-state index is -0.679. The molecule has 0 bridgehead atoms. The van der Waals surface area contributed by atoms with Gasteiger partial charge in [-0.05, 0) is 35.4 Å². The van der Waals surface area contributed by atoms with Crippen LogP contribution in [0.5, 0.6) is 11.5 Å². The number of anilines is 1. The summed E-state index contributed by atoms with van der Waals surface area (Å²) in [5.74, 6) is -0.754. The van der Waals surface area contributed by atoms with Gasteiger partial charge in [-0.2, -0.15) is 0 Å². The Morgan fingerprint density at radius 1 is 1.26 bits per heavy atom. The molecular formula is C19H16ClFN2O4. The summed E-state index contributed by atoms with van der Waals surface area (Å²) < 4.78 is 24.4. The smallest absolute Gasteiger partial charge is 0.228 e. The van der Waals surface area contributed by atoms with Crippen LogP contribution in [0.25, 0.3) is 0 Å². The topological polar surface area (TPSA) is 76.7 Å². The minimum absolute atomic E-state index is 0.00631. The number of nitrogens with one attached hydrogen (secondary N) is 2. The molecule has 0 saturated carbocycles. The maximum absolute atomic E-state index is 13.4. The van der Waals surface area contributed by atoms with Gasteiger partial charge in [0.1, 0.15) is 19.0 Å². The molecule has 140 valence electrons. The Morgan fingerprint density at radius 3 is 2.93 bits per heavy atom. The van der Waals surface area contributed by atoms with Gasteiger partial charge in [-0.15, -0.1) is 0 Å². The third-order valence-corrected chi connectivity index (χ3v) is 4.77. The summed E-state index contributed by atoms with van der Waals surface area (Å²) in [4.78, 5) is 24.5. The van der Waals surface area contributed by atoms with Crippen molar-refractivity contribution in [3.8, 4) is 11.5 Å². The standard InChI is InChI=1S/C19H16ClFN2O4/c20-14-5-10(6-16-18(14)27-4-3-26-16)9-22-19(25)13-8-17(24)23-15-7-11(21)1-2-12(13)15/h1-2,5-7,13H,3-4,8-9H2,(H,22,25)(H,23,24). The van der Waals surface area contributed by atoms with Crippen molar-refractivity contribution in [3.05, 3.63) is 52.3 Å². The van der Waals surface area contributed by atoms with E-state index in [2.05, 4.69) is 10.6 Å². The monoisotopic (exact) mass is 390 g/mol. The quantitative estimate of drug-likeness (QED) is 0.844. The van der Waals surface area contributed by atoms with E-state index in [0.29, 0.717) is 41.0 Å². The molecule has 2 aromatic carbocycles. The van der Waals surface area contributed by atoms with Crippen LogP contribution in [0.1, 0.15) is 23.5 Å². The van der Waals surface area contributed by atoms with Crippen LogP contribution in [-0.2, 0) is 16.1 Å². The van der Waals surface area contributed by atoms with Crippen molar-refractivity contribution in [2.24, 2.45) is 0 Å². The number of amides is 2. The summed E-state index contributed by atoms with van der Waals surface area (Å²) in [6.07, 6.45) is 0.00631. The van der Waals surface area contributed by atoms with E-state index in [1.54, 1.807) is 12.1 Å². The van der Waals surface area contributed by atoms with Gasteiger partial charge in [-0.25, -0.2) is 4.39 Å². The van der Waals surface area contributed by atoms with Crippen molar-refractivity contribution in [3.63, 3.8) is 0 Å². The van der Waals surface area contributed by atoms with Crippen molar-refractivity contribution in [1.82, 2.24) is 5.32 Å². The van der Waals surface area contributed by atoms with Gasteiger partial charge in [0, 0.05) is 18.7 Å². The van der Waals surface area contributed by atoms with Crippen molar-refractivity contribution in [2.45, 2.75) is 18.9 Å². The molecule has 0 aromatic heterocycles. The van der Waals surface area contributed by atoms with Crippen LogP contribution in [0.15, 0.2) is 30.3 Å². The van der Waals surface area contributed by atoms with E-state index >= 15 is 0 Å². The second-order valence-corrected chi connectivity index (χ2v) is 6.76. The number of benzene rings is 2. The molecule has 2 aromatic rings. The van der Waals surface area contributed by atoms with Crippen molar-refractivity contribution in [2.75, 3.05) is 18.5 Å². The average molecular weight is 391 g/mol. The first-order valence-corrected chi connectivity index (χ1v) is 8.84. The molecule has 8 heteroatoms. The highest BCUT2D eigenvalue weighted by Gasteiger charge is 2.31. The van der Waals surface area contributed by atoms with Gasteiger partial charge in [-0.3, -0.25) is 9.59 Å². The van der Waals surface area contributed by atoms with E-state index in [9.17, 15) is 14.0 Å². The second-order valence-electron chi connectivity index (χ2n) is 6.36. The molecule has 0 fully saturated rings. The zero-order valence-electron chi connectivity index (χ0n) is 14.2. The van der Waals surface area contributed by atoms with Gasteiger partial charge in [0.15, 0.2) is 11.5 Å². The summed E-state index contributed by atoms with van der Waals surface area (Å²) in [5, 5.41) is 5.82. The second kappa shape index (κ2) is 7.08. The molecule has 6 nitrogen and oxygen atoms in total. The first-order valence-electron chi connectivity index (χ1n) is 8.46.